The maximum atomic E-state index is 13.3. The van der Waals surface area contributed by atoms with Crippen LogP contribution in [0.5, 0.6) is 0 Å². The molecule has 0 aliphatic heterocycles. The Kier molecular flexibility index (Phi) is 4.41. The van der Waals surface area contributed by atoms with Crippen LogP contribution in [0.15, 0.2) is 24.4 Å². The molecule has 1 aromatic carbocycles. The van der Waals surface area contributed by atoms with Crippen LogP contribution in [0.3, 0.4) is 0 Å². The van der Waals surface area contributed by atoms with Crippen LogP contribution in [0, 0.1) is 12.7 Å². The molecule has 0 saturated carbocycles. The average Bonchev–Trinajstić information content (AvgIpc) is 2.88. The van der Waals surface area contributed by atoms with Crippen molar-refractivity contribution in [3.63, 3.8) is 0 Å². The van der Waals surface area contributed by atoms with E-state index in [4.69, 9.17) is 5.11 Å². The van der Waals surface area contributed by atoms with Crippen LogP contribution in [0.4, 0.5) is 4.39 Å². The number of rotatable bonds is 5. The predicted molar refractivity (Wildman–Crippen MR) is 68.9 cm³/mol. The van der Waals surface area contributed by atoms with E-state index in [1.54, 1.807) is 19.1 Å². The zero-order chi connectivity index (χ0) is 14.5. The Bertz CT molecular complexity index is 612. The quantitative estimate of drug-likeness (QED) is 0.836. The van der Waals surface area contributed by atoms with Crippen molar-refractivity contribution in [1.82, 2.24) is 20.3 Å². The van der Waals surface area contributed by atoms with Crippen molar-refractivity contribution in [3.05, 3.63) is 47.0 Å². The highest BCUT2D eigenvalue weighted by atomic mass is 19.1. The zero-order valence-electron chi connectivity index (χ0n) is 11.0. The number of hydrogen-bond acceptors (Lipinski definition) is 4. The summed E-state index contributed by atoms with van der Waals surface area (Å²) in [6, 6.07) is 4.83. The molecular formula is C13H15FN4O2. The molecule has 6 nitrogen and oxygen atoms in total. The van der Waals surface area contributed by atoms with Crippen LogP contribution in [0.25, 0.3) is 0 Å². The van der Waals surface area contributed by atoms with Gasteiger partial charge in [0.25, 0.3) is 0 Å². The van der Waals surface area contributed by atoms with Gasteiger partial charge in [-0.05, 0) is 24.1 Å². The normalized spacial score (nSPS) is 10.6. The highest BCUT2D eigenvalue weighted by Gasteiger charge is 2.06. The van der Waals surface area contributed by atoms with Gasteiger partial charge in [-0.2, -0.15) is 0 Å². The lowest BCUT2D eigenvalue weighted by molar-refractivity contribution is -0.122. The highest BCUT2D eigenvalue weighted by molar-refractivity contribution is 5.75. The van der Waals surface area contributed by atoms with Gasteiger partial charge in [0, 0.05) is 6.54 Å². The van der Waals surface area contributed by atoms with Crippen LogP contribution < -0.4 is 5.32 Å². The van der Waals surface area contributed by atoms with Crippen molar-refractivity contribution in [2.75, 3.05) is 0 Å². The number of carbonyl (C=O) groups excluding carboxylic acids is 1. The second-order valence-corrected chi connectivity index (χ2v) is 4.43. The Hall–Kier alpha value is -2.28. The first-order valence-corrected chi connectivity index (χ1v) is 6.10. The Balaban J connectivity index is 1.87. The van der Waals surface area contributed by atoms with Crippen molar-refractivity contribution < 1.29 is 14.3 Å². The van der Waals surface area contributed by atoms with Gasteiger partial charge in [0.2, 0.25) is 5.91 Å². The third kappa shape index (κ3) is 3.61. The van der Waals surface area contributed by atoms with E-state index in [1.165, 1.54) is 16.9 Å². The molecule has 0 aliphatic rings. The summed E-state index contributed by atoms with van der Waals surface area (Å²) in [5.41, 5.74) is 1.66. The number of hydrogen-bond donors (Lipinski definition) is 2. The average molecular weight is 278 g/mol. The van der Waals surface area contributed by atoms with Gasteiger partial charge in [0.1, 0.15) is 18.1 Å². The van der Waals surface area contributed by atoms with Gasteiger partial charge in [-0.15, -0.1) is 5.10 Å². The van der Waals surface area contributed by atoms with Crippen molar-refractivity contribution >= 4 is 5.91 Å². The summed E-state index contributed by atoms with van der Waals surface area (Å²) in [5.74, 6) is -0.555. The van der Waals surface area contributed by atoms with Crippen molar-refractivity contribution in [1.29, 1.82) is 0 Å². The number of halogens is 1. The SMILES string of the molecule is Cc1ccc(CNC(=O)Cn2cc(CO)nn2)cc1F. The monoisotopic (exact) mass is 278 g/mol. The van der Waals surface area contributed by atoms with Gasteiger partial charge < -0.3 is 10.4 Å². The van der Waals surface area contributed by atoms with E-state index >= 15 is 0 Å². The molecule has 1 aromatic heterocycles. The van der Waals surface area contributed by atoms with Crippen LogP contribution in [-0.2, 0) is 24.5 Å². The van der Waals surface area contributed by atoms with Gasteiger partial charge in [0.05, 0.1) is 12.8 Å². The highest BCUT2D eigenvalue weighted by Crippen LogP contribution is 2.08. The summed E-state index contributed by atoms with van der Waals surface area (Å²) in [5, 5.41) is 18.9. The van der Waals surface area contributed by atoms with Crippen LogP contribution in [0.1, 0.15) is 16.8 Å². The maximum absolute atomic E-state index is 13.3. The first-order chi connectivity index (χ1) is 9.58. The topological polar surface area (TPSA) is 80.0 Å². The van der Waals surface area contributed by atoms with E-state index in [0.717, 1.165) is 0 Å². The standard InChI is InChI=1S/C13H15FN4O2/c1-9-2-3-10(4-12(9)14)5-15-13(20)7-18-6-11(8-19)16-17-18/h2-4,6,19H,5,7-8H2,1H3,(H,15,20). The molecule has 0 atom stereocenters. The molecule has 106 valence electrons. The number of amides is 1. The Morgan fingerprint density at radius 3 is 2.95 bits per heavy atom. The summed E-state index contributed by atoms with van der Waals surface area (Å²) >= 11 is 0. The Morgan fingerprint density at radius 2 is 2.30 bits per heavy atom. The maximum Gasteiger partial charge on any atom is 0.242 e. The summed E-state index contributed by atoms with van der Waals surface area (Å²) in [6.07, 6.45) is 1.49. The molecule has 1 heterocycles. The van der Waals surface area contributed by atoms with Crippen LogP contribution in [0.2, 0.25) is 0 Å². The molecule has 7 heteroatoms. The largest absolute Gasteiger partial charge is 0.390 e. The van der Waals surface area contributed by atoms with E-state index in [9.17, 15) is 9.18 Å². The molecule has 0 fully saturated rings. The lowest BCUT2D eigenvalue weighted by Crippen LogP contribution is -2.27. The molecule has 0 radical (unpaired) electrons. The van der Waals surface area contributed by atoms with Crippen LogP contribution >= 0.6 is 0 Å². The molecule has 20 heavy (non-hydrogen) atoms. The number of aliphatic hydroxyl groups is 1. The minimum atomic E-state index is -0.291. The second-order valence-electron chi connectivity index (χ2n) is 4.43. The minimum Gasteiger partial charge on any atom is -0.390 e. The van der Waals surface area contributed by atoms with E-state index in [1.807, 2.05) is 0 Å². The zero-order valence-corrected chi connectivity index (χ0v) is 11.0. The van der Waals surface area contributed by atoms with E-state index < -0.39 is 0 Å². The summed E-state index contributed by atoms with van der Waals surface area (Å²) in [4.78, 5) is 11.7. The third-order valence-corrected chi connectivity index (χ3v) is 2.78. The summed E-state index contributed by atoms with van der Waals surface area (Å²) in [6.45, 7) is 1.71. The number of aromatic nitrogens is 3. The fourth-order valence-corrected chi connectivity index (χ4v) is 1.64. The van der Waals surface area contributed by atoms with Gasteiger partial charge >= 0.3 is 0 Å². The molecule has 0 spiro atoms. The van der Waals surface area contributed by atoms with Crippen molar-refractivity contribution in [3.8, 4) is 0 Å². The fraction of sp³-hybridized carbons (Fsp3) is 0.308. The van der Waals surface area contributed by atoms with Gasteiger partial charge in [-0.1, -0.05) is 17.3 Å². The molecule has 0 saturated heterocycles. The molecule has 0 bridgehead atoms. The molecular weight excluding hydrogens is 263 g/mol. The number of nitrogens with one attached hydrogen (secondary N) is 1. The Labute approximate surface area is 115 Å². The summed E-state index contributed by atoms with van der Waals surface area (Å²) < 4.78 is 14.7. The lowest BCUT2D eigenvalue weighted by Gasteiger charge is -2.06. The lowest BCUT2D eigenvalue weighted by atomic mass is 10.1. The van der Waals surface area contributed by atoms with Gasteiger partial charge in [-0.25, -0.2) is 9.07 Å². The molecule has 2 N–H and O–H groups in total. The number of benzene rings is 1. The Morgan fingerprint density at radius 1 is 1.50 bits per heavy atom. The fourth-order valence-electron chi connectivity index (χ4n) is 1.64. The molecule has 0 unspecified atom stereocenters. The first kappa shape index (κ1) is 14.1. The van der Waals surface area contributed by atoms with E-state index in [0.29, 0.717) is 16.8 Å². The van der Waals surface area contributed by atoms with E-state index in [2.05, 4.69) is 15.6 Å². The third-order valence-electron chi connectivity index (χ3n) is 2.78. The van der Waals surface area contributed by atoms with Crippen molar-refractivity contribution in [2.24, 2.45) is 0 Å². The predicted octanol–water partition coefficient (Wildman–Crippen LogP) is 0.534. The second kappa shape index (κ2) is 6.25. The first-order valence-electron chi connectivity index (χ1n) is 6.10. The molecule has 2 aromatic rings. The number of aryl methyl sites for hydroxylation is 1. The summed E-state index contributed by atoms with van der Waals surface area (Å²) in [7, 11) is 0. The number of nitrogens with zero attached hydrogens (tertiary/aromatic N) is 3. The van der Waals surface area contributed by atoms with E-state index in [-0.39, 0.29) is 31.4 Å². The molecule has 0 aliphatic carbocycles. The number of carbonyl (C=O) groups is 1. The molecule has 2 rings (SSSR count). The van der Waals surface area contributed by atoms with Gasteiger partial charge in [-0.3, -0.25) is 4.79 Å². The smallest absolute Gasteiger partial charge is 0.242 e. The van der Waals surface area contributed by atoms with Crippen molar-refractivity contribution in [2.45, 2.75) is 26.6 Å². The van der Waals surface area contributed by atoms with Gasteiger partial charge in [0.15, 0.2) is 0 Å². The molecule has 1 amide bonds. The minimum absolute atomic E-state index is 0.00133. The van der Waals surface area contributed by atoms with Crippen LogP contribution in [-0.4, -0.2) is 26.0 Å². The number of aliphatic hydroxyl groups excluding tert-OH is 1.